The number of halogens is 2. The fraction of sp³-hybridized carbons (Fsp3) is 0.429. The van der Waals surface area contributed by atoms with Crippen molar-refractivity contribution in [2.75, 3.05) is 0 Å². The molecule has 1 aliphatic carbocycles. The van der Waals surface area contributed by atoms with Crippen molar-refractivity contribution in [1.29, 1.82) is 0 Å². The first kappa shape index (κ1) is 6.56. The monoisotopic (exact) mass is 176 g/mol. The van der Waals surface area contributed by atoms with E-state index in [2.05, 4.69) is 0 Å². The van der Waals surface area contributed by atoms with Crippen LogP contribution in [0.3, 0.4) is 0 Å². The van der Waals surface area contributed by atoms with Gasteiger partial charge in [0.25, 0.3) is 0 Å². The molecule has 3 heteroatoms. The zero-order valence-electron chi connectivity index (χ0n) is 5.13. The van der Waals surface area contributed by atoms with E-state index < -0.39 is 0 Å². The number of furan rings is 1. The maximum atomic E-state index is 5.80. The molecule has 1 saturated carbocycles. The van der Waals surface area contributed by atoms with Crippen LogP contribution < -0.4 is 0 Å². The summed E-state index contributed by atoms with van der Waals surface area (Å²) >= 11 is 11.6. The van der Waals surface area contributed by atoms with Gasteiger partial charge in [-0.25, -0.2) is 0 Å². The van der Waals surface area contributed by atoms with E-state index in [1.165, 1.54) is 0 Å². The van der Waals surface area contributed by atoms with Gasteiger partial charge in [-0.15, -0.1) is 23.2 Å². The Hall–Kier alpha value is -0.140. The molecule has 1 aromatic rings. The van der Waals surface area contributed by atoms with Gasteiger partial charge < -0.3 is 4.42 Å². The van der Waals surface area contributed by atoms with Gasteiger partial charge in [-0.2, -0.15) is 0 Å². The lowest BCUT2D eigenvalue weighted by atomic mass is 10.3. The van der Waals surface area contributed by atoms with Gasteiger partial charge in [0.15, 0.2) is 0 Å². The molecule has 0 N–H and O–H groups in total. The Morgan fingerprint density at radius 3 is 2.40 bits per heavy atom. The van der Waals surface area contributed by atoms with E-state index in [0.29, 0.717) is 0 Å². The average molecular weight is 177 g/mol. The van der Waals surface area contributed by atoms with Gasteiger partial charge >= 0.3 is 0 Å². The maximum absolute atomic E-state index is 5.80. The molecular weight excluding hydrogens is 171 g/mol. The molecule has 1 aliphatic rings. The lowest BCUT2D eigenvalue weighted by Crippen LogP contribution is -1.75. The second-order valence-electron chi connectivity index (χ2n) is 2.43. The maximum Gasteiger partial charge on any atom is 0.109 e. The Kier molecular flexibility index (Phi) is 1.43. The molecule has 54 valence electrons. The van der Waals surface area contributed by atoms with Crippen molar-refractivity contribution in [3.8, 4) is 0 Å². The van der Waals surface area contributed by atoms with Gasteiger partial charge in [0.2, 0.25) is 0 Å². The zero-order valence-corrected chi connectivity index (χ0v) is 6.64. The highest BCUT2D eigenvalue weighted by molar-refractivity contribution is 6.35. The third-order valence-corrected chi connectivity index (χ3v) is 2.94. The molecule has 0 aromatic carbocycles. The highest BCUT2D eigenvalue weighted by Gasteiger charge is 2.50. The summed E-state index contributed by atoms with van der Waals surface area (Å²) in [6, 6.07) is 3.75. The normalized spacial score (nSPS) is 38.0. The Labute approximate surface area is 68.9 Å². The van der Waals surface area contributed by atoms with Gasteiger partial charge in [0.05, 0.1) is 22.9 Å². The summed E-state index contributed by atoms with van der Waals surface area (Å²) in [5.74, 6) is 1.14. The van der Waals surface area contributed by atoms with Crippen LogP contribution in [0.15, 0.2) is 22.8 Å². The minimum Gasteiger partial charge on any atom is -0.469 e. The summed E-state index contributed by atoms with van der Waals surface area (Å²) in [7, 11) is 0. The molecule has 2 unspecified atom stereocenters. The fourth-order valence-electron chi connectivity index (χ4n) is 1.03. The van der Waals surface area contributed by atoms with Gasteiger partial charge in [-0.3, -0.25) is 0 Å². The fourth-order valence-corrected chi connectivity index (χ4v) is 1.82. The summed E-state index contributed by atoms with van der Waals surface area (Å²) in [4.78, 5) is 0. The molecule has 0 amide bonds. The molecule has 0 radical (unpaired) electrons. The van der Waals surface area contributed by atoms with Crippen LogP contribution in [0.4, 0.5) is 0 Å². The third-order valence-electron chi connectivity index (χ3n) is 1.72. The lowest BCUT2D eigenvalue weighted by molar-refractivity contribution is 0.512. The summed E-state index contributed by atoms with van der Waals surface area (Å²) < 4.78 is 5.13. The van der Waals surface area contributed by atoms with E-state index in [1.54, 1.807) is 6.26 Å². The first-order valence-electron chi connectivity index (χ1n) is 3.12. The standard InChI is InChI=1S/C7H6Cl2O/c8-6-5(7(6)9)4-2-1-3-10-4/h1-3,5-7H. The molecule has 2 rings (SSSR count). The SMILES string of the molecule is ClC1C(Cl)C1c1ccco1. The Balaban J connectivity index is 2.17. The average Bonchev–Trinajstić information content (AvgIpc) is 2.37. The van der Waals surface area contributed by atoms with E-state index >= 15 is 0 Å². The first-order valence-corrected chi connectivity index (χ1v) is 3.99. The van der Waals surface area contributed by atoms with Crippen molar-refractivity contribution in [2.45, 2.75) is 16.7 Å². The minimum absolute atomic E-state index is 0.0628. The predicted octanol–water partition coefficient (Wildman–Crippen LogP) is 2.59. The van der Waals surface area contributed by atoms with Crippen molar-refractivity contribution >= 4 is 23.2 Å². The van der Waals surface area contributed by atoms with Crippen LogP contribution in [0.25, 0.3) is 0 Å². The van der Waals surface area contributed by atoms with Crippen LogP contribution in [0.5, 0.6) is 0 Å². The van der Waals surface area contributed by atoms with Crippen LogP contribution in [0, 0.1) is 0 Å². The zero-order chi connectivity index (χ0) is 7.14. The molecule has 10 heavy (non-hydrogen) atoms. The van der Waals surface area contributed by atoms with Gasteiger partial charge in [-0.05, 0) is 12.1 Å². The van der Waals surface area contributed by atoms with E-state index in [4.69, 9.17) is 27.6 Å². The van der Waals surface area contributed by atoms with E-state index in [1.807, 2.05) is 12.1 Å². The minimum atomic E-state index is 0.0628. The van der Waals surface area contributed by atoms with E-state index in [9.17, 15) is 0 Å². The van der Waals surface area contributed by atoms with Crippen molar-refractivity contribution in [3.05, 3.63) is 24.2 Å². The molecule has 1 aromatic heterocycles. The summed E-state index contributed by atoms with van der Waals surface area (Å²) in [6.07, 6.45) is 1.64. The van der Waals surface area contributed by atoms with Crippen molar-refractivity contribution < 1.29 is 4.42 Å². The quantitative estimate of drug-likeness (QED) is 0.601. The van der Waals surface area contributed by atoms with Crippen LogP contribution in [0.1, 0.15) is 11.7 Å². The summed E-state index contributed by atoms with van der Waals surface area (Å²) in [5, 5.41) is 0.126. The van der Waals surface area contributed by atoms with Crippen LogP contribution in [-0.2, 0) is 0 Å². The number of rotatable bonds is 1. The number of hydrogen-bond donors (Lipinski definition) is 0. The molecule has 0 bridgehead atoms. The van der Waals surface area contributed by atoms with Crippen LogP contribution in [0.2, 0.25) is 0 Å². The van der Waals surface area contributed by atoms with E-state index in [-0.39, 0.29) is 16.7 Å². The number of alkyl halides is 2. The molecule has 1 heterocycles. The molecular formula is C7H6Cl2O. The van der Waals surface area contributed by atoms with Gasteiger partial charge in [0, 0.05) is 0 Å². The van der Waals surface area contributed by atoms with Crippen LogP contribution in [-0.4, -0.2) is 10.8 Å². The Morgan fingerprint density at radius 1 is 1.30 bits per heavy atom. The topological polar surface area (TPSA) is 13.1 Å². The summed E-state index contributed by atoms with van der Waals surface area (Å²) in [5.41, 5.74) is 0. The third kappa shape index (κ3) is 0.850. The van der Waals surface area contributed by atoms with Crippen molar-refractivity contribution in [2.24, 2.45) is 0 Å². The second kappa shape index (κ2) is 2.18. The van der Waals surface area contributed by atoms with Crippen LogP contribution >= 0.6 is 23.2 Å². The molecule has 1 fully saturated rings. The Bertz CT molecular complexity index is 212. The highest BCUT2D eigenvalue weighted by atomic mass is 35.5. The molecule has 2 atom stereocenters. The summed E-state index contributed by atoms with van der Waals surface area (Å²) in [6.45, 7) is 0. The lowest BCUT2D eigenvalue weighted by Gasteiger charge is -1.85. The largest absolute Gasteiger partial charge is 0.469 e. The smallest absolute Gasteiger partial charge is 0.109 e. The molecule has 0 spiro atoms. The van der Waals surface area contributed by atoms with Gasteiger partial charge in [-0.1, -0.05) is 0 Å². The van der Waals surface area contributed by atoms with E-state index in [0.717, 1.165) is 5.76 Å². The predicted molar refractivity (Wildman–Crippen MR) is 40.7 cm³/mol. The van der Waals surface area contributed by atoms with Gasteiger partial charge in [0.1, 0.15) is 5.76 Å². The van der Waals surface area contributed by atoms with Crippen molar-refractivity contribution in [3.63, 3.8) is 0 Å². The molecule has 0 aliphatic heterocycles. The van der Waals surface area contributed by atoms with Crippen molar-refractivity contribution in [1.82, 2.24) is 0 Å². The molecule has 0 saturated heterocycles. The number of hydrogen-bond acceptors (Lipinski definition) is 1. The molecule has 1 nitrogen and oxygen atoms in total. The highest BCUT2D eigenvalue weighted by Crippen LogP contribution is 2.49. The Morgan fingerprint density at radius 2 is 2.00 bits per heavy atom. The first-order chi connectivity index (χ1) is 4.80. The second-order valence-corrected chi connectivity index (χ2v) is 3.44.